The van der Waals surface area contributed by atoms with Crippen molar-refractivity contribution in [1.82, 2.24) is 0 Å². The molecule has 3 nitrogen and oxygen atoms in total. The minimum Gasteiger partial charge on any atom is -0.326 e. The summed E-state index contributed by atoms with van der Waals surface area (Å²) in [4.78, 5) is 13.2. The van der Waals surface area contributed by atoms with Crippen molar-refractivity contribution in [2.45, 2.75) is 32.7 Å². The van der Waals surface area contributed by atoms with Gasteiger partial charge in [0.15, 0.2) is 6.54 Å². The van der Waals surface area contributed by atoms with Gasteiger partial charge in [-0.05, 0) is 23.1 Å². The molecule has 0 aliphatic carbocycles. The molecular formula is C20H27N2O+. The highest BCUT2D eigenvalue weighted by Gasteiger charge is 2.14. The number of likely N-dealkylation sites (N-methyl/N-ethyl adjacent to an activating group) is 1. The Bertz CT molecular complexity index is 627. The highest BCUT2D eigenvalue weighted by molar-refractivity contribution is 5.91. The normalized spacial score (nSPS) is 12.7. The average Bonchev–Trinajstić information content (AvgIpc) is 2.47. The molecular weight excluding hydrogens is 284 g/mol. The molecule has 0 bridgehead atoms. The highest BCUT2D eigenvalue weighted by Crippen LogP contribution is 2.21. The SMILES string of the molecule is C[NH+](CC(=O)Nc1ccccc1)Cc1ccc(C(C)(C)C)cc1. The number of hydrogen-bond donors (Lipinski definition) is 2. The molecule has 0 aromatic heterocycles. The van der Waals surface area contributed by atoms with Crippen LogP contribution in [0.5, 0.6) is 0 Å². The Balaban J connectivity index is 1.87. The number of para-hydroxylation sites is 1. The summed E-state index contributed by atoms with van der Waals surface area (Å²) < 4.78 is 0. The van der Waals surface area contributed by atoms with Gasteiger partial charge in [0.1, 0.15) is 6.54 Å². The molecule has 0 aliphatic heterocycles. The van der Waals surface area contributed by atoms with Crippen LogP contribution in [0, 0.1) is 0 Å². The molecule has 1 atom stereocenters. The first-order valence-electron chi connectivity index (χ1n) is 8.10. The molecule has 0 heterocycles. The van der Waals surface area contributed by atoms with Crippen LogP contribution >= 0.6 is 0 Å². The predicted octanol–water partition coefficient (Wildman–Crippen LogP) is 2.64. The van der Waals surface area contributed by atoms with E-state index in [1.54, 1.807) is 0 Å². The largest absolute Gasteiger partial charge is 0.326 e. The summed E-state index contributed by atoms with van der Waals surface area (Å²) in [6, 6.07) is 18.3. The lowest BCUT2D eigenvalue weighted by Crippen LogP contribution is -3.08. The quantitative estimate of drug-likeness (QED) is 0.874. The van der Waals surface area contributed by atoms with Gasteiger partial charge in [0.25, 0.3) is 5.91 Å². The van der Waals surface area contributed by atoms with Crippen LogP contribution in [0.4, 0.5) is 5.69 Å². The van der Waals surface area contributed by atoms with Crippen molar-refractivity contribution in [3.63, 3.8) is 0 Å². The van der Waals surface area contributed by atoms with Crippen LogP contribution in [0.3, 0.4) is 0 Å². The summed E-state index contributed by atoms with van der Waals surface area (Å²) in [5.74, 6) is 0.0417. The van der Waals surface area contributed by atoms with E-state index in [0.717, 1.165) is 12.2 Å². The first kappa shape index (κ1) is 17.2. The van der Waals surface area contributed by atoms with Crippen molar-refractivity contribution in [2.75, 3.05) is 18.9 Å². The van der Waals surface area contributed by atoms with Crippen molar-refractivity contribution in [1.29, 1.82) is 0 Å². The standard InChI is InChI=1S/C20H26N2O/c1-20(2,3)17-12-10-16(11-13-17)14-22(4)15-19(23)21-18-8-6-5-7-9-18/h5-13H,14-15H2,1-4H3,(H,21,23)/p+1. The average molecular weight is 311 g/mol. The molecule has 2 aromatic carbocycles. The monoisotopic (exact) mass is 311 g/mol. The van der Waals surface area contributed by atoms with E-state index < -0.39 is 0 Å². The Hall–Kier alpha value is -2.13. The molecule has 23 heavy (non-hydrogen) atoms. The Morgan fingerprint density at radius 3 is 2.17 bits per heavy atom. The molecule has 122 valence electrons. The van der Waals surface area contributed by atoms with Crippen molar-refractivity contribution < 1.29 is 9.69 Å². The smallest absolute Gasteiger partial charge is 0.279 e. The van der Waals surface area contributed by atoms with Gasteiger partial charge in [0, 0.05) is 11.3 Å². The van der Waals surface area contributed by atoms with E-state index in [1.165, 1.54) is 16.0 Å². The zero-order valence-corrected chi connectivity index (χ0v) is 14.5. The maximum Gasteiger partial charge on any atom is 0.279 e. The van der Waals surface area contributed by atoms with E-state index >= 15 is 0 Å². The minimum absolute atomic E-state index is 0.0417. The third kappa shape index (κ3) is 5.53. The molecule has 3 heteroatoms. The number of quaternary nitrogens is 1. The number of carbonyl (C=O) groups is 1. The molecule has 0 saturated heterocycles. The second-order valence-corrected chi connectivity index (χ2v) is 7.17. The van der Waals surface area contributed by atoms with E-state index in [0.29, 0.717) is 6.54 Å². The van der Waals surface area contributed by atoms with E-state index in [-0.39, 0.29) is 11.3 Å². The van der Waals surface area contributed by atoms with Crippen LogP contribution in [-0.4, -0.2) is 19.5 Å². The van der Waals surface area contributed by atoms with Crippen molar-refractivity contribution >= 4 is 11.6 Å². The Morgan fingerprint density at radius 2 is 1.61 bits per heavy atom. The number of hydrogen-bond acceptors (Lipinski definition) is 1. The molecule has 0 saturated carbocycles. The molecule has 2 rings (SSSR count). The zero-order valence-electron chi connectivity index (χ0n) is 14.5. The van der Waals surface area contributed by atoms with E-state index in [4.69, 9.17) is 0 Å². The van der Waals surface area contributed by atoms with Gasteiger partial charge in [-0.3, -0.25) is 4.79 Å². The van der Waals surface area contributed by atoms with Crippen LogP contribution in [0.15, 0.2) is 54.6 Å². The van der Waals surface area contributed by atoms with Crippen molar-refractivity contribution in [3.8, 4) is 0 Å². The van der Waals surface area contributed by atoms with Crippen LogP contribution in [-0.2, 0) is 16.8 Å². The molecule has 0 radical (unpaired) electrons. The van der Waals surface area contributed by atoms with Gasteiger partial charge in [-0.15, -0.1) is 0 Å². The Morgan fingerprint density at radius 1 is 1.00 bits per heavy atom. The van der Waals surface area contributed by atoms with Crippen LogP contribution in [0.1, 0.15) is 31.9 Å². The molecule has 0 spiro atoms. The summed E-state index contributed by atoms with van der Waals surface area (Å²) in [5, 5.41) is 2.93. The van der Waals surface area contributed by atoms with Gasteiger partial charge in [-0.1, -0.05) is 63.2 Å². The summed E-state index contributed by atoms with van der Waals surface area (Å²) in [6.07, 6.45) is 0. The van der Waals surface area contributed by atoms with Gasteiger partial charge in [-0.25, -0.2) is 0 Å². The van der Waals surface area contributed by atoms with Crippen LogP contribution in [0.25, 0.3) is 0 Å². The summed E-state index contributed by atoms with van der Waals surface area (Å²) >= 11 is 0. The first-order valence-corrected chi connectivity index (χ1v) is 8.10. The lowest BCUT2D eigenvalue weighted by atomic mass is 9.87. The summed E-state index contributed by atoms with van der Waals surface area (Å²) in [7, 11) is 2.04. The van der Waals surface area contributed by atoms with Gasteiger partial charge in [0.2, 0.25) is 0 Å². The van der Waals surface area contributed by atoms with Gasteiger partial charge >= 0.3 is 0 Å². The number of carbonyl (C=O) groups excluding carboxylic acids is 1. The summed E-state index contributed by atoms with van der Waals surface area (Å²) in [6.45, 7) is 7.94. The number of nitrogens with one attached hydrogen (secondary N) is 2. The minimum atomic E-state index is 0.0417. The lowest BCUT2D eigenvalue weighted by molar-refractivity contribution is -0.885. The van der Waals surface area contributed by atoms with Crippen molar-refractivity contribution in [2.24, 2.45) is 0 Å². The van der Waals surface area contributed by atoms with Crippen LogP contribution < -0.4 is 10.2 Å². The maximum absolute atomic E-state index is 12.1. The number of rotatable bonds is 5. The molecule has 0 aliphatic rings. The lowest BCUT2D eigenvalue weighted by Gasteiger charge is -2.19. The highest BCUT2D eigenvalue weighted by atomic mass is 16.2. The maximum atomic E-state index is 12.1. The van der Waals surface area contributed by atoms with E-state index in [2.05, 4.69) is 50.4 Å². The second-order valence-electron chi connectivity index (χ2n) is 7.17. The third-order valence-electron chi connectivity index (χ3n) is 3.85. The summed E-state index contributed by atoms with van der Waals surface area (Å²) in [5.41, 5.74) is 3.61. The molecule has 0 fully saturated rings. The fourth-order valence-electron chi connectivity index (χ4n) is 2.53. The molecule has 2 N–H and O–H groups in total. The van der Waals surface area contributed by atoms with Gasteiger partial charge in [-0.2, -0.15) is 0 Å². The fraction of sp³-hybridized carbons (Fsp3) is 0.350. The number of amides is 1. The van der Waals surface area contributed by atoms with E-state index in [1.807, 2.05) is 37.4 Å². The molecule has 1 amide bonds. The Kier molecular flexibility index (Phi) is 5.56. The van der Waals surface area contributed by atoms with Gasteiger partial charge < -0.3 is 10.2 Å². The fourth-order valence-corrected chi connectivity index (χ4v) is 2.53. The predicted molar refractivity (Wildman–Crippen MR) is 95.7 cm³/mol. The number of benzene rings is 2. The zero-order chi connectivity index (χ0) is 16.9. The number of anilines is 1. The van der Waals surface area contributed by atoms with E-state index in [9.17, 15) is 4.79 Å². The van der Waals surface area contributed by atoms with Crippen LogP contribution in [0.2, 0.25) is 0 Å². The first-order chi connectivity index (χ1) is 10.8. The Labute approximate surface area is 139 Å². The molecule has 2 aromatic rings. The second kappa shape index (κ2) is 7.42. The third-order valence-corrected chi connectivity index (χ3v) is 3.85. The topological polar surface area (TPSA) is 33.5 Å². The van der Waals surface area contributed by atoms with Crippen molar-refractivity contribution in [3.05, 3.63) is 65.7 Å². The molecule has 1 unspecified atom stereocenters. The van der Waals surface area contributed by atoms with Gasteiger partial charge in [0.05, 0.1) is 7.05 Å².